The van der Waals surface area contributed by atoms with Gasteiger partial charge in [0.1, 0.15) is 5.82 Å². The summed E-state index contributed by atoms with van der Waals surface area (Å²) in [5.41, 5.74) is 3.39. The average Bonchev–Trinajstić information content (AvgIpc) is 2.75. The molecule has 1 atom stereocenters. The van der Waals surface area contributed by atoms with Crippen LogP contribution >= 0.6 is 0 Å². The Labute approximate surface area is 182 Å². The summed E-state index contributed by atoms with van der Waals surface area (Å²) >= 11 is 0. The normalized spacial score (nSPS) is 11.8. The number of hydrogen-bond acceptors (Lipinski definition) is 2. The molecule has 5 heteroatoms. The lowest BCUT2D eigenvalue weighted by molar-refractivity contribution is -0.117. The zero-order valence-electron chi connectivity index (χ0n) is 18.0. The van der Waals surface area contributed by atoms with Crippen molar-refractivity contribution in [3.05, 3.63) is 95.3 Å². The molecule has 0 aliphatic heterocycles. The van der Waals surface area contributed by atoms with Crippen LogP contribution < -0.4 is 10.6 Å². The molecule has 0 aliphatic rings. The topological polar surface area (TPSA) is 58.2 Å². The van der Waals surface area contributed by atoms with E-state index in [2.05, 4.69) is 36.6 Å². The van der Waals surface area contributed by atoms with Crippen LogP contribution in [0.4, 0.5) is 15.8 Å². The average molecular weight is 419 g/mol. The number of para-hydroxylation sites is 1. The van der Waals surface area contributed by atoms with E-state index in [1.807, 2.05) is 19.1 Å². The number of halogens is 1. The molecule has 0 saturated carbocycles. The molecule has 4 nitrogen and oxygen atoms in total. The van der Waals surface area contributed by atoms with Crippen molar-refractivity contribution in [2.45, 2.75) is 33.1 Å². The number of rotatable bonds is 7. The third kappa shape index (κ3) is 6.01. The van der Waals surface area contributed by atoms with Crippen molar-refractivity contribution in [2.75, 3.05) is 10.6 Å². The van der Waals surface area contributed by atoms with Crippen molar-refractivity contribution in [3.8, 4) is 0 Å². The van der Waals surface area contributed by atoms with Crippen LogP contribution in [0.15, 0.2) is 72.8 Å². The quantitative estimate of drug-likeness (QED) is 0.493. The molecule has 2 amide bonds. The van der Waals surface area contributed by atoms with Gasteiger partial charge in [0, 0.05) is 5.69 Å². The van der Waals surface area contributed by atoms with Crippen LogP contribution in [0.2, 0.25) is 0 Å². The van der Waals surface area contributed by atoms with E-state index in [-0.39, 0.29) is 23.5 Å². The summed E-state index contributed by atoms with van der Waals surface area (Å²) in [7, 11) is 0. The largest absolute Gasteiger partial charge is 0.325 e. The van der Waals surface area contributed by atoms with E-state index in [1.54, 1.807) is 24.3 Å². The van der Waals surface area contributed by atoms with Gasteiger partial charge in [-0.2, -0.15) is 0 Å². The summed E-state index contributed by atoms with van der Waals surface area (Å²) in [5, 5.41) is 5.60. The molecule has 0 spiro atoms. The zero-order valence-corrected chi connectivity index (χ0v) is 18.0. The lowest BCUT2D eigenvalue weighted by Gasteiger charge is -2.16. The predicted molar refractivity (Wildman–Crippen MR) is 123 cm³/mol. The summed E-state index contributed by atoms with van der Waals surface area (Å²) in [6.45, 7) is 6.19. The number of anilines is 2. The van der Waals surface area contributed by atoms with Crippen LogP contribution in [0.1, 0.15) is 48.2 Å². The Kier molecular flexibility index (Phi) is 7.19. The Hall–Kier alpha value is -3.47. The van der Waals surface area contributed by atoms with Crippen LogP contribution in [0, 0.1) is 11.7 Å². The van der Waals surface area contributed by atoms with Crippen molar-refractivity contribution >= 4 is 23.2 Å². The van der Waals surface area contributed by atoms with Crippen LogP contribution in [0.25, 0.3) is 0 Å². The molecule has 0 radical (unpaired) electrons. The second-order valence-electron chi connectivity index (χ2n) is 8.06. The fourth-order valence-corrected chi connectivity index (χ4v) is 3.33. The highest BCUT2D eigenvalue weighted by molar-refractivity contribution is 6.10. The Balaban J connectivity index is 1.71. The van der Waals surface area contributed by atoms with Crippen LogP contribution in [0.3, 0.4) is 0 Å². The molecule has 0 unspecified atom stereocenters. The highest BCUT2D eigenvalue weighted by Crippen LogP contribution is 2.22. The van der Waals surface area contributed by atoms with Crippen LogP contribution in [0.5, 0.6) is 0 Å². The standard InChI is InChI=1S/C26H27FN2O2/c1-17(2)16-19-8-10-20(11-9-19)18(3)25(30)29-24-7-5-4-6-23(24)26(31)28-22-14-12-21(27)13-15-22/h4-15,17-18H,16H2,1-3H3,(H,28,31)(H,29,30)/t18-/m0/s1. The maximum atomic E-state index is 13.1. The second kappa shape index (κ2) is 10.0. The van der Waals surface area contributed by atoms with E-state index in [4.69, 9.17) is 0 Å². The Morgan fingerprint density at radius 3 is 2.13 bits per heavy atom. The molecule has 2 N–H and O–H groups in total. The summed E-state index contributed by atoms with van der Waals surface area (Å²) in [5.74, 6) is -0.755. The van der Waals surface area contributed by atoms with Gasteiger partial charge in [-0.1, -0.05) is 50.2 Å². The minimum Gasteiger partial charge on any atom is -0.325 e. The molecule has 0 fully saturated rings. The molecule has 0 heterocycles. The van der Waals surface area contributed by atoms with E-state index >= 15 is 0 Å². The van der Waals surface area contributed by atoms with E-state index in [1.165, 1.54) is 29.8 Å². The first-order chi connectivity index (χ1) is 14.8. The first-order valence-corrected chi connectivity index (χ1v) is 10.4. The second-order valence-corrected chi connectivity index (χ2v) is 8.06. The van der Waals surface area contributed by atoms with E-state index in [0.717, 1.165) is 12.0 Å². The minimum atomic E-state index is -0.381. The molecule has 0 aromatic heterocycles. The van der Waals surface area contributed by atoms with Gasteiger partial charge in [-0.05, 0) is 66.8 Å². The van der Waals surface area contributed by atoms with Gasteiger partial charge in [-0.15, -0.1) is 0 Å². The molecular weight excluding hydrogens is 391 g/mol. The highest BCUT2D eigenvalue weighted by Gasteiger charge is 2.19. The van der Waals surface area contributed by atoms with Gasteiger partial charge in [0.2, 0.25) is 5.91 Å². The Bertz CT molecular complexity index is 1040. The van der Waals surface area contributed by atoms with Crippen molar-refractivity contribution in [2.24, 2.45) is 5.92 Å². The summed E-state index contributed by atoms with van der Waals surface area (Å²) in [6.07, 6.45) is 0.997. The number of nitrogens with one attached hydrogen (secondary N) is 2. The lowest BCUT2D eigenvalue weighted by Crippen LogP contribution is -2.22. The van der Waals surface area contributed by atoms with E-state index < -0.39 is 0 Å². The maximum Gasteiger partial charge on any atom is 0.257 e. The Morgan fingerprint density at radius 1 is 0.839 bits per heavy atom. The number of hydrogen-bond donors (Lipinski definition) is 2. The van der Waals surface area contributed by atoms with Gasteiger partial charge in [0.15, 0.2) is 0 Å². The smallest absolute Gasteiger partial charge is 0.257 e. The highest BCUT2D eigenvalue weighted by atomic mass is 19.1. The van der Waals surface area contributed by atoms with Crippen molar-refractivity contribution in [1.82, 2.24) is 0 Å². The minimum absolute atomic E-state index is 0.196. The third-order valence-electron chi connectivity index (χ3n) is 5.05. The summed E-state index contributed by atoms with van der Waals surface area (Å²) < 4.78 is 13.1. The first-order valence-electron chi connectivity index (χ1n) is 10.4. The van der Waals surface area contributed by atoms with Crippen molar-refractivity contribution in [1.29, 1.82) is 0 Å². The van der Waals surface area contributed by atoms with E-state index in [0.29, 0.717) is 22.9 Å². The number of benzene rings is 3. The first kappa shape index (κ1) is 22.2. The van der Waals surface area contributed by atoms with Gasteiger partial charge in [-0.25, -0.2) is 4.39 Å². The zero-order chi connectivity index (χ0) is 22.4. The lowest BCUT2D eigenvalue weighted by atomic mass is 9.96. The molecule has 0 saturated heterocycles. The fourth-order valence-electron chi connectivity index (χ4n) is 3.33. The van der Waals surface area contributed by atoms with E-state index in [9.17, 15) is 14.0 Å². The van der Waals surface area contributed by atoms with Gasteiger partial charge >= 0.3 is 0 Å². The van der Waals surface area contributed by atoms with Gasteiger partial charge in [0.25, 0.3) is 5.91 Å². The molecule has 31 heavy (non-hydrogen) atoms. The van der Waals surface area contributed by atoms with Crippen molar-refractivity contribution < 1.29 is 14.0 Å². The molecule has 3 aromatic rings. The number of amides is 2. The molecule has 3 rings (SSSR count). The molecule has 160 valence electrons. The van der Waals surface area contributed by atoms with Gasteiger partial charge in [-0.3, -0.25) is 9.59 Å². The summed E-state index contributed by atoms with van der Waals surface area (Å²) in [6, 6.07) is 20.4. The molecule has 0 bridgehead atoms. The monoisotopic (exact) mass is 418 g/mol. The molecule has 0 aliphatic carbocycles. The number of carbonyl (C=O) groups is 2. The maximum absolute atomic E-state index is 13.1. The van der Waals surface area contributed by atoms with Crippen LogP contribution in [-0.2, 0) is 11.2 Å². The third-order valence-corrected chi connectivity index (χ3v) is 5.05. The molecule has 3 aromatic carbocycles. The fraction of sp³-hybridized carbons (Fsp3) is 0.231. The SMILES string of the molecule is CC(C)Cc1ccc([C@H](C)C(=O)Nc2ccccc2C(=O)Nc2ccc(F)cc2)cc1. The summed E-state index contributed by atoms with van der Waals surface area (Å²) in [4.78, 5) is 25.6. The predicted octanol–water partition coefficient (Wildman–Crippen LogP) is 6.02. The van der Waals surface area contributed by atoms with Crippen molar-refractivity contribution in [3.63, 3.8) is 0 Å². The Morgan fingerprint density at radius 2 is 1.48 bits per heavy atom. The van der Waals surface area contributed by atoms with Gasteiger partial charge < -0.3 is 10.6 Å². The van der Waals surface area contributed by atoms with Gasteiger partial charge in [0.05, 0.1) is 17.2 Å². The number of carbonyl (C=O) groups excluding carboxylic acids is 2. The molecular formula is C26H27FN2O2. The van der Waals surface area contributed by atoms with Crippen LogP contribution in [-0.4, -0.2) is 11.8 Å².